The lowest BCUT2D eigenvalue weighted by molar-refractivity contribution is -0.107. The van der Waals surface area contributed by atoms with Gasteiger partial charge in [0.25, 0.3) is 0 Å². The van der Waals surface area contributed by atoms with E-state index in [0.717, 1.165) is 41.9 Å². The van der Waals surface area contributed by atoms with Crippen molar-refractivity contribution in [2.45, 2.75) is 13.3 Å². The van der Waals surface area contributed by atoms with Crippen molar-refractivity contribution < 1.29 is 14.3 Å². The highest BCUT2D eigenvalue weighted by Gasteiger charge is 2.08. The maximum absolute atomic E-state index is 10.2. The number of ether oxygens (including phenoxy) is 2. The third-order valence-electron chi connectivity index (χ3n) is 2.64. The molecule has 0 unspecified atom stereocenters. The van der Waals surface area contributed by atoms with Gasteiger partial charge in [0.05, 0.1) is 20.8 Å². The zero-order chi connectivity index (χ0) is 12.7. The van der Waals surface area contributed by atoms with Crippen LogP contribution in [-0.2, 0) is 11.2 Å². The van der Waals surface area contributed by atoms with Crippen LogP contribution in [0.5, 0.6) is 11.5 Å². The van der Waals surface area contributed by atoms with Gasteiger partial charge in [-0.25, -0.2) is 0 Å². The summed E-state index contributed by atoms with van der Waals surface area (Å²) in [5.74, 6) is 1.62. The first-order valence-electron chi connectivity index (χ1n) is 5.58. The molecule has 0 saturated heterocycles. The molecule has 0 aliphatic carbocycles. The second kappa shape index (κ2) is 6.91. The number of methoxy groups -OCH3 is 2. The molecule has 0 aliphatic heterocycles. The van der Waals surface area contributed by atoms with Gasteiger partial charge in [0.2, 0.25) is 0 Å². The third kappa shape index (κ3) is 3.75. The molecule has 4 nitrogen and oxygen atoms in total. The van der Waals surface area contributed by atoms with Crippen LogP contribution in [0.15, 0.2) is 12.1 Å². The summed E-state index contributed by atoms with van der Waals surface area (Å²) in [6.45, 7) is 3.17. The first kappa shape index (κ1) is 13.5. The molecule has 94 valence electrons. The Morgan fingerprint density at radius 3 is 2.65 bits per heavy atom. The Morgan fingerprint density at radius 1 is 1.29 bits per heavy atom. The van der Waals surface area contributed by atoms with Crippen LogP contribution in [0.25, 0.3) is 0 Å². The van der Waals surface area contributed by atoms with E-state index in [-0.39, 0.29) is 0 Å². The minimum Gasteiger partial charge on any atom is -0.497 e. The largest absolute Gasteiger partial charge is 0.497 e. The number of rotatable bonds is 7. The molecular formula is C13H19NO3. The lowest BCUT2D eigenvalue weighted by atomic mass is 10.0. The molecule has 0 bridgehead atoms. The topological polar surface area (TPSA) is 47.6 Å². The van der Waals surface area contributed by atoms with Crippen molar-refractivity contribution >= 4 is 6.29 Å². The molecule has 4 heteroatoms. The van der Waals surface area contributed by atoms with Crippen LogP contribution in [0.4, 0.5) is 0 Å². The molecule has 17 heavy (non-hydrogen) atoms. The van der Waals surface area contributed by atoms with Crippen LogP contribution >= 0.6 is 0 Å². The van der Waals surface area contributed by atoms with Gasteiger partial charge in [-0.2, -0.15) is 0 Å². The molecule has 0 aromatic heterocycles. The summed E-state index contributed by atoms with van der Waals surface area (Å²) < 4.78 is 10.5. The number of carbonyl (C=O) groups excluding carboxylic acids is 1. The molecule has 0 spiro atoms. The van der Waals surface area contributed by atoms with Gasteiger partial charge in [-0.05, 0) is 37.1 Å². The van der Waals surface area contributed by atoms with Crippen LogP contribution in [-0.4, -0.2) is 33.6 Å². The minimum absolute atomic E-state index is 0.386. The SMILES string of the molecule is COc1cc(C)c(CCNCC=O)c(OC)c1. The molecule has 0 aliphatic rings. The van der Waals surface area contributed by atoms with Gasteiger partial charge in [0.1, 0.15) is 17.8 Å². The second-order valence-electron chi connectivity index (χ2n) is 3.75. The number of hydrogen-bond donors (Lipinski definition) is 1. The summed E-state index contributed by atoms with van der Waals surface area (Å²) in [5, 5.41) is 3.04. The van der Waals surface area contributed by atoms with Crippen molar-refractivity contribution in [3.8, 4) is 11.5 Å². The van der Waals surface area contributed by atoms with E-state index in [9.17, 15) is 4.79 Å². The van der Waals surface area contributed by atoms with Crippen molar-refractivity contribution in [3.63, 3.8) is 0 Å². The van der Waals surface area contributed by atoms with Gasteiger partial charge in [-0.1, -0.05) is 0 Å². The molecular weight excluding hydrogens is 218 g/mol. The maximum atomic E-state index is 10.2. The molecule has 0 fully saturated rings. The van der Waals surface area contributed by atoms with Gasteiger partial charge >= 0.3 is 0 Å². The Hall–Kier alpha value is -1.55. The average Bonchev–Trinajstić information content (AvgIpc) is 2.35. The highest BCUT2D eigenvalue weighted by molar-refractivity contribution is 5.52. The first-order chi connectivity index (χ1) is 8.22. The zero-order valence-electron chi connectivity index (χ0n) is 10.6. The number of aldehydes is 1. The number of benzene rings is 1. The molecule has 1 aromatic carbocycles. The normalized spacial score (nSPS) is 10.1. The molecule has 1 rings (SSSR count). The van der Waals surface area contributed by atoms with Gasteiger partial charge < -0.3 is 19.6 Å². The summed E-state index contributed by atoms with van der Waals surface area (Å²) in [5.41, 5.74) is 2.28. The molecule has 1 aromatic rings. The molecule has 0 heterocycles. The summed E-state index contributed by atoms with van der Waals surface area (Å²) in [6, 6.07) is 3.86. The number of nitrogens with one attached hydrogen (secondary N) is 1. The highest BCUT2D eigenvalue weighted by Crippen LogP contribution is 2.28. The second-order valence-corrected chi connectivity index (χ2v) is 3.75. The summed E-state index contributed by atoms with van der Waals surface area (Å²) in [6.07, 6.45) is 1.69. The lowest BCUT2D eigenvalue weighted by Gasteiger charge is -2.13. The third-order valence-corrected chi connectivity index (χ3v) is 2.64. The van der Waals surface area contributed by atoms with Gasteiger partial charge in [-0.15, -0.1) is 0 Å². The number of carbonyl (C=O) groups is 1. The Balaban J connectivity index is 2.78. The predicted octanol–water partition coefficient (Wildman–Crippen LogP) is 1.34. The number of hydrogen-bond acceptors (Lipinski definition) is 4. The van der Waals surface area contributed by atoms with E-state index in [2.05, 4.69) is 5.32 Å². The first-order valence-corrected chi connectivity index (χ1v) is 5.58. The van der Waals surface area contributed by atoms with Crippen molar-refractivity contribution in [3.05, 3.63) is 23.3 Å². The Bertz CT molecular complexity index is 377. The maximum Gasteiger partial charge on any atom is 0.133 e. The van der Waals surface area contributed by atoms with Crippen LogP contribution in [0.3, 0.4) is 0 Å². The standard InChI is InChI=1S/C13H19NO3/c1-10-8-11(16-2)9-13(17-3)12(10)4-5-14-6-7-15/h7-9,14H,4-6H2,1-3H3. The van der Waals surface area contributed by atoms with Gasteiger partial charge in [0, 0.05) is 6.07 Å². The Labute approximate surface area is 102 Å². The van der Waals surface area contributed by atoms with Gasteiger partial charge in [0.15, 0.2) is 0 Å². The average molecular weight is 237 g/mol. The van der Waals surface area contributed by atoms with E-state index in [1.165, 1.54) is 0 Å². The van der Waals surface area contributed by atoms with E-state index >= 15 is 0 Å². The van der Waals surface area contributed by atoms with Crippen LogP contribution in [0.1, 0.15) is 11.1 Å². The van der Waals surface area contributed by atoms with Crippen molar-refractivity contribution in [1.82, 2.24) is 5.32 Å². The number of aryl methyl sites for hydroxylation is 1. The van der Waals surface area contributed by atoms with E-state index in [0.29, 0.717) is 6.54 Å². The predicted molar refractivity (Wildman–Crippen MR) is 66.9 cm³/mol. The fraction of sp³-hybridized carbons (Fsp3) is 0.462. The summed E-state index contributed by atoms with van der Waals surface area (Å²) in [4.78, 5) is 10.2. The lowest BCUT2D eigenvalue weighted by Crippen LogP contribution is -2.19. The monoisotopic (exact) mass is 237 g/mol. The van der Waals surface area contributed by atoms with Crippen LogP contribution in [0, 0.1) is 6.92 Å². The fourth-order valence-corrected chi connectivity index (χ4v) is 1.75. The van der Waals surface area contributed by atoms with Gasteiger partial charge in [-0.3, -0.25) is 0 Å². The van der Waals surface area contributed by atoms with Crippen LogP contribution in [0.2, 0.25) is 0 Å². The van der Waals surface area contributed by atoms with E-state index in [1.54, 1.807) is 14.2 Å². The molecule has 0 radical (unpaired) electrons. The summed E-state index contributed by atoms with van der Waals surface area (Å²) in [7, 11) is 3.29. The van der Waals surface area contributed by atoms with E-state index in [1.807, 2.05) is 19.1 Å². The Kier molecular flexibility index (Phi) is 5.49. The van der Waals surface area contributed by atoms with E-state index in [4.69, 9.17) is 9.47 Å². The molecule has 1 N–H and O–H groups in total. The summed E-state index contributed by atoms with van der Waals surface area (Å²) >= 11 is 0. The fourth-order valence-electron chi connectivity index (χ4n) is 1.75. The molecule has 0 amide bonds. The van der Waals surface area contributed by atoms with Crippen molar-refractivity contribution in [1.29, 1.82) is 0 Å². The van der Waals surface area contributed by atoms with Crippen molar-refractivity contribution in [2.24, 2.45) is 0 Å². The molecule has 0 saturated carbocycles. The zero-order valence-corrected chi connectivity index (χ0v) is 10.6. The smallest absolute Gasteiger partial charge is 0.133 e. The van der Waals surface area contributed by atoms with E-state index < -0.39 is 0 Å². The van der Waals surface area contributed by atoms with Crippen molar-refractivity contribution in [2.75, 3.05) is 27.3 Å². The van der Waals surface area contributed by atoms with Crippen LogP contribution < -0.4 is 14.8 Å². The highest BCUT2D eigenvalue weighted by atomic mass is 16.5. The minimum atomic E-state index is 0.386. The quantitative estimate of drug-likeness (QED) is 0.574. The Morgan fingerprint density at radius 2 is 2.06 bits per heavy atom. The molecule has 0 atom stereocenters.